The number of pyridine rings is 2. The number of carbonyl (C=O) groups excluding carboxylic acids is 3. The number of aryl methyl sites for hydroxylation is 1. The molecule has 0 saturated heterocycles. The van der Waals surface area contributed by atoms with Crippen molar-refractivity contribution in [2.75, 3.05) is 29.2 Å². The molecule has 53 heavy (non-hydrogen) atoms. The Bertz CT molecular complexity index is 2010. The Morgan fingerprint density at radius 2 is 1.47 bits per heavy atom. The van der Waals surface area contributed by atoms with Gasteiger partial charge in [0, 0.05) is 42.0 Å². The molecule has 0 fully saturated rings. The summed E-state index contributed by atoms with van der Waals surface area (Å²) in [5, 5.41) is 9.39. The summed E-state index contributed by atoms with van der Waals surface area (Å²) in [6, 6.07) is 13.9. The monoisotopic (exact) mass is 727 g/mol. The highest BCUT2D eigenvalue weighted by molar-refractivity contribution is 6.08. The van der Waals surface area contributed by atoms with Gasteiger partial charge in [0.2, 0.25) is 0 Å². The van der Waals surface area contributed by atoms with E-state index in [1.807, 2.05) is 58.0 Å². The normalized spacial score (nSPS) is 11.8. The molecule has 0 radical (unpaired) electrons. The molecule has 3 amide bonds. The minimum atomic E-state index is -0.668. The van der Waals surface area contributed by atoms with Crippen molar-refractivity contribution in [1.82, 2.24) is 9.55 Å². The largest absolute Gasteiger partial charge is 0.493 e. The first-order valence-corrected chi connectivity index (χ1v) is 17.9. The second-order valence-electron chi connectivity index (χ2n) is 15.6. The first kappa shape index (κ1) is 40.4. The molecule has 4 aromatic rings. The van der Waals surface area contributed by atoms with Crippen LogP contribution in [0.25, 0.3) is 22.2 Å². The van der Waals surface area contributed by atoms with E-state index in [0.717, 1.165) is 11.1 Å². The van der Waals surface area contributed by atoms with Crippen LogP contribution in [-0.4, -0.2) is 46.5 Å². The van der Waals surface area contributed by atoms with Gasteiger partial charge in [0.25, 0.3) is 5.56 Å². The zero-order valence-electron chi connectivity index (χ0n) is 32.7. The molecular weight excluding hydrogens is 674 g/mol. The molecule has 3 N–H and O–H groups in total. The number of amides is 3. The number of anilines is 3. The Morgan fingerprint density at radius 1 is 0.830 bits per heavy atom. The molecule has 2 aromatic carbocycles. The quantitative estimate of drug-likeness (QED) is 0.102. The standard InChI is InChI=1S/C41H53N5O7/c1-24(2)30-22-27(43-39(50)53-41(8,9)10)23-31(25(3)4)33(30)44-38(49)45-34-32(29-17-13-18-42-35(29)46(11)36(34)47)26-15-12-16-28(21-26)51-19-14-20-52-37(48)40(5,6)7/h12-13,15-18,21-25H,14,19-20H2,1-11H3,(H,43,50)(H2,44,45,49). The SMILES string of the molecule is CC(C)c1cc(NC(=O)OC(C)(C)C)cc(C(C)C)c1NC(=O)Nc1c(-c2cccc(OCCCOC(=O)C(C)(C)C)c2)c2cccnc2n(C)c1=O. The van der Waals surface area contributed by atoms with E-state index in [1.54, 1.807) is 73.0 Å². The van der Waals surface area contributed by atoms with Crippen LogP contribution in [0.4, 0.5) is 26.7 Å². The van der Waals surface area contributed by atoms with Gasteiger partial charge in [-0.2, -0.15) is 0 Å². The molecule has 0 spiro atoms. The second kappa shape index (κ2) is 16.5. The van der Waals surface area contributed by atoms with Crippen LogP contribution in [0.1, 0.15) is 98.6 Å². The highest BCUT2D eigenvalue weighted by Gasteiger charge is 2.25. The number of ether oxygens (including phenoxy) is 3. The highest BCUT2D eigenvalue weighted by atomic mass is 16.6. The summed E-state index contributed by atoms with van der Waals surface area (Å²) in [7, 11) is 1.61. The van der Waals surface area contributed by atoms with Crippen LogP contribution >= 0.6 is 0 Å². The minimum Gasteiger partial charge on any atom is -0.493 e. The second-order valence-corrected chi connectivity index (χ2v) is 15.6. The summed E-state index contributed by atoms with van der Waals surface area (Å²) in [5.41, 5.74) is 2.67. The summed E-state index contributed by atoms with van der Waals surface area (Å²) in [6.45, 7) is 19.3. The van der Waals surface area contributed by atoms with Crippen LogP contribution in [0.2, 0.25) is 0 Å². The Kier molecular flexibility index (Phi) is 12.6. The predicted octanol–water partition coefficient (Wildman–Crippen LogP) is 9.20. The van der Waals surface area contributed by atoms with E-state index < -0.39 is 28.7 Å². The smallest absolute Gasteiger partial charge is 0.412 e. The van der Waals surface area contributed by atoms with Gasteiger partial charge in [-0.1, -0.05) is 39.8 Å². The zero-order chi connectivity index (χ0) is 39.2. The highest BCUT2D eigenvalue weighted by Crippen LogP contribution is 2.37. The van der Waals surface area contributed by atoms with Gasteiger partial charge in [-0.3, -0.25) is 19.5 Å². The summed E-state index contributed by atoms with van der Waals surface area (Å²) in [6.07, 6.45) is 1.53. The lowest BCUT2D eigenvalue weighted by molar-refractivity contribution is -0.153. The molecule has 0 aliphatic carbocycles. The first-order chi connectivity index (χ1) is 24.8. The Balaban J connectivity index is 1.68. The predicted molar refractivity (Wildman–Crippen MR) is 210 cm³/mol. The maximum Gasteiger partial charge on any atom is 0.412 e. The average Bonchev–Trinajstić information content (AvgIpc) is 3.06. The number of rotatable bonds is 11. The summed E-state index contributed by atoms with van der Waals surface area (Å²) < 4.78 is 18.2. The number of hydrogen-bond acceptors (Lipinski definition) is 8. The number of hydrogen-bond donors (Lipinski definition) is 3. The van der Waals surface area contributed by atoms with Gasteiger partial charge in [-0.05, 0) is 106 Å². The number of nitrogens with one attached hydrogen (secondary N) is 3. The maximum absolute atomic E-state index is 14.0. The van der Waals surface area contributed by atoms with E-state index >= 15 is 0 Å². The molecular formula is C41H53N5O7. The molecule has 12 heteroatoms. The van der Waals surface area contributed by atoms with Crippen molar-refractivity contribution >= 4 is 46.2 Å². The van der Waals surface area contributed by atoms with Gasteiger partial charge in [-0.15, -0.1) is 0 Å². The first-order valence-electron chi connectivity index (χ1n) is 17.9. The third kappa shape index (κ3) is 10.4. The van der Waals surface area contributed by atoms with Gasteiger partial charge in [0.1, 0.15) is 22.7 Å². The molecule has 2 aromatic heterocycles. The van der Waals surface area contributed by atoms with E-state index in [1.165, 1.54) is 4.57 Å². The van der Waals surface area contributed by atoms with Crippen LogP contribution in [0.3, 0.4) is 0 Å². The van der Waals surface area contributed by atoms with E-state index in [0.29, 0.717) is 52.3 Å². The van der Waals surface area contributed by atoms with Gasteiger partial charge < -0.3 is 24.8 Å². The van der Waals surface area contributed by atoms with Gasteiger partial charge >= 0.3 is 18.1 Å². The molecule has 0 unspecified atom stereocenters. The third-order valence-electron chi connectivity index (χ3n) is 8.23. The van der Waals surface area contributed by atoms with Gasteiger partial charge in [-0.25, -0.2) is 14.6 Å². The number of esters is 1. The van der Waals surface area contributed by atoms with Crippen molar-refractivity contribution in [2.24, 2.45) is 12.5 Å². The lowest BCUT2D eigenvalue weighted by Gasteiger charge is -2.24. The molecule has 284 valence electrons. The number of carbonyl (C=O) groups is 3. The molecule has 0 aliphatic heterocycles. The summed E-state index contributed by atoms with van der Waals surface area (Å²) in [4.78, 5) is 57.2. The third-order valence-corrected chi connectivity index (χ3v) is 8.23. The maximum atomic E-state index is 14.0. The molecule has 2 heterocycles. The Morgan fingerprint density at radius 3 is 2.08 bits per heavy atom. The molecule has 12 nitrogen and oxygen atoms in total. The average molecular weight is 728 g/mol. The van der Waals surface area contributed by atoms with Crippen molar-refractivity contribution in [2.45, 2.75) is 93.1 Å². The Labute approximate surface area is 311 Å². The van der Waals surface area contributed by atoms with Crippen molar-refractivity contribution in [3.63, 3.8) is 0 Å². The van der Waals surface area contributed by atoms with Crippen molar-refractivity contribution in [3.05, 3.63) is 76.2 Å². The van der Waals surface area contributed by atoms with Crippen LogP contribution in [0.15, 0.2) is 59.5 Å². The summed E-state index contributed by atoms with van der Waals surface area (Å²) in [5.74, 6) is 0.196. The van der Waals surface area contributed by atoms with Crippen molar-refractivity contribution in [3.8, 4) is 16.9 Å². The fourth-order valence-corrected chi connectivity index (χ4v) is 5.65. The van der Waals surface area contributed by atoms with E-state index in [4.69, 9.17) is 14.2 Å². The number of benzene rings is 2. The van der Waals surface area contributed by atoms with Crippen LogP contribution in [-0.2, 0) is 21.3 Å². The number of aromatic nitrogens is 2. The lowest BCUT2D eigenvalue weighted by atomic mass is 9.91. The number of nitrogens with zero attached hydrogens (tertiary/aromatic N) is 2. The fourth-order valence-electron chi connectivity index (χ4n) is 5.65. The molecule has 0 aliphatic rings. The van der Waals surface area contributed by atoms with E-state index in [2.05, 4.69) is 20.9 Å². The van der Waals surface area contributed by atoms with Crippen LogP contribution in [0, 0.1) is 5.41 Å². The minimum absolute atomic E-state index is 0.0355. The molecule has 0 saturated carbocycles. The van der Waals surface area contributed by atoms with E-state index in [-0.39, 0.29) is 30.1 Å². The van der Waals surface area contributed by atoms with Crippen LogP contribution in [0.5, 0.6) is 5.75 Å². The lowest BCUT2D eigenvalue weighted by Crippen LogP contribution is -2.29. The Hall–Kier alpha value is -5.39. The molecule has 4 rings (SSSR count). The van der Waals surface area contributed by atoms with Gasteiger partial charge in [0.15, 0.2) is 0 Å². The molecule has 0 bridgehead atoms. The molecule has 0 atom stereocenters. The fraction of sp³-hybridized carbons (Fsp3) is 0.439. The number of urea groups is 1. The van der Waals surface area contributed by atoms with E-state index in [9.17, 15) is 19.2 Å². The number of fused-ring (bicyclic) bond motifs is 1. The van der Waals surface area contributed by atoms with Gasteiger partial charge in [0.05, 0.1) is 18.6 Å². The van der Waals surface area contributed by atoms with Crippen molar-refractivity contribution < 1.29 is 28.6 Å². The zero-order valence-corrected chi connectivity index (χ0v) is 32.7. The topological polar surface area (TPSA) is 150 Å². The van der Waals surface area contributed by atoms with Crippen molar-refractivity contribution in [1.29, 1.82) is 0 Å². The summed E-state index contributed by atoms with van der Waals surface area (Å²) >= 11 is 0. The van der Waals surface area contributed by atoms with Crippen LogP contribution < -0.4 is 26.2 Å².